The van der Waals surface area contributed by atoms with Gasteiger partial charge in [0, 0.05) is 25.3 Å². The summed E-state index contributed by atoms with van der Waals surface area (Å²) in [5.41, 5.74) is 1.87. The molecule has 0 bridgehead atoms. The van der Waals surface area contributed by atoms with Gasteiger partial charge in [0.05, 0.1) is 18.2 Å². The number of rotatable bonds is 3. The molecule has 1 N–H and O–H groups in total. The zero-order valence-electron chi connectivity index (χ0n) is 10.9. The van der Waals surface area contributed by atoms with Crippen LogP contribution in [0.3, 0.4) is 0 Å². The molecule has 2 aliphatic heterocycles. The van der Waals surface area contributed by atoms with Gasteiger partial charge in [0.1, 0.15) is 12.5 Å². The van der Waals surface area contributed by atoms with E-state index in [1.165, 1.54) is 0 Å². The van der Waals surface area contributed by atoms with E-state index in [1.54, 1.807) is 11.9 Å². The second-order valence-electron chi connectivity index (χ2n) is 4.29. The van der Waals surface area contributed by atoms with Crippen molar-refractivity contribution in [2.75, 3.05) is 20.3 Å². The van der Waals surface area contributed by atoms with Crippen molar-refractivity contribution in [1.29, 1.82) is 0 Å². The number of nitrogens with zero attached hydrogens (tertiary/aromatic N) is 3. The zero-order chi connectivity index (χ0) is 13.1. The maximum atomic E-state index is 11.7. The van der Waals surface area contributed by atoms with Crippen molar-refractivity contribution in [2.45, 2.75) is 20.3 Å². The third-order valence-corrected chi connectivity index (χ3v) is 3.00. The van der Waals surface area contributed by atoms with Gasteiger partial charge in [0.15, 0.2) is 0 Å². The van der Waals surface area contributed by atoms with Crippen LogP contribution in [0.1, 0.15) is 20.3 Å². The maximum Gasteiger partial charge on any atom is 0.314 e. The van der Waals surface area contributed by atoms with Gasteiger partial charge in [-0.3, -0.25) is 14.8 Å². The summed E-state index contributed by atoms with van der Waals surface area (Å²) in [6, 6.07) is 0. The Kier molecular flexibility index (Phi) is 3.64. The molecule has 0 saturated heterocycles. The lowest BCUT2D eigenvalue weighted by atomic mass is 9.97. The highest BCUT2D eigenvalue weighted by Crippen LogP contribution is 2.22. The minimum Gasteiger partial charge on any atom is -0.465 e. The molecule has 2 heterocycles. The smallest absolute Gasteiger partial charge is 0.314 e. The molecule has 0 saturated carbocycles. The molecule has 18 heavy (non-hydrogen) atoms. The average molecular weight is 250 g/mol. The van der Waals surface area contributed by atoms with Crippen molar-refractivity contribution in [2.24, 2.45) is 16.0 Å². The Balaban J connectivity index is 2.13. The molecular weight excluding hydrogens is 232 g/mol. The van der Waals surface area contributed by atoms with Gasteiger partial charge in [-0.25, -0.2) is 0 Å². The Hall–Kier alpha value is -1.85. The molecule has 0 radical (unpaired) electrons. The Morgan fingerprint density at radius 2 is 2.44 bits per heavy atom. The van der Waals surface area contributed by atoms with Gasteiger partial charge in [-0.2, -0.15) is 5.10 Å². The van der Waals surface area contributed by atoms with Crippen molar-refractivity contribution in [3.05, 3.63) is 11.4 Å². The number of aliphatic imine (C=N–C) groups is 1. The second-order valence-corrected chi connectivity index (χ2v) is 4.29. The predicted octanol–water partition coefficient (Wildman–Crippen LogP) is 0.720. The summed E-state index contributed by atoms with van der Waals surface area (Å²) in [7, 11) is 1.86. The number of carbonyl (C=O) groups is 1. The van der Waals surface area contributed by atoms with Crippen LogP contribution in [0.5, 0.6) is 0 Å². The summed E-state index contributed by atoms with van der Waals surface area (Å²) in [5.74, 6) is 0.413. The standard InChI is InChI=1S/C12H18N4O2/c1-4-18-12(17)8(2)10-5-9-6-13-7-14-11(9)16(3)15-10/h6,8,14H,4-5,7H2,1-3H3. The summed E-state index contributed by atoms with van der Waals surface area (Å²) in [4.78, 5) is 15.9. The molecule has 6 nitrogen and oxygen atoms in total. The van der Waals surface area contributed by atoms with Gasteiger partial charge in [-0.1, -0.05) is 0 Å². The first-order chi connectivity index (χ1) is 8.63. The molecule has 0 amide bonds. The van der Waals surface area contributed by atoms with E-state index in [9.17, 15) is 4.79 Å². The Morgan fingerprint density at radius 1 is 1.67 bits per heavy atom. The van der Waals surface area contributed by atoms with Crippen molar-refractivity contribution in [1.82, 2.24) is 10.3 Å². The molecule has 0 aromatic rings. The molecule has 2 rings (SSSR count). The first-order valence-electron chi connectivity index (χ1n) is 6.08. The number of allylic oxidation sites excluding steroid dienone is 1. The third kappa shape index (κ3) is 2.37. The highest BCUT2D eigenvalue weighted by atomic mass is 16.5. The van der Waals surface area contributed by atoms with Crippen molar-refractivity contribution >= 4 is 17.9 Å². The summed E-state index contributed by atoms with van der Waals surface area (Å²) in [6.45, 7) is 4.59. The summed E-state index contributed by atoms with van der Waals surface area (Å²) >= 11 is 0. The number of nitrogens with one attached hydrogen (secondary N) is 1. The van der Waals surface area contributed by atoms with Gasteiger partial charge in [-0.05, 0) is 13.8 Å². The number of hydrogen-bond acceptors (Lipinski definition) is 6. The zero-order valence-corrected chi connectivity index (χ0v) is 10.9. The molecule has 0 aliphatic carbocycles. The van der Waals surface area contributed by atoms with Crippen LogP contribution in [-0.2, 0) is 9.53 Å². The largest absolute Gasteiger partial charge is 0.465 e. The van der Waals surface area contributed by atoms with E-state index in [2.05, 4.69) is 15.4 Å². The van der Waals surface area contributed by atoms with Gasteiger partial charge in [-0.15, -0.1) is 0 Å². The van der Waals surface area contributed by atoms with Crippen LogP contribution in [-0.4, -0.2) is 43.2 Å². The summed E-state index contributed by atoms with van der Waals surface area (Å²) in [6.07, 6.45) is 2.48. The Bertz CT molecular complexity index is 439. The van der Waals surface area contributed by atoms with Crippen LogP contribution >= 0.6 is 0 Å². The second kappa shape index (κ2) is 5.20. The van der Waals surface area contributed by atoms with E-state index in [0.717, 1.165) is 17.1 Å². The first-order valence-corrected chi connectivity index (χ1v) is 6.08. The summed E-state index contributed by atoms with van der Waals surface area (Å²) < 4.78 is 5.02. The third-order valence-electron chi connectivity index (χ3n) is 3.00. The molecule has 2 aliphatic rings. The van der Waals surface area contributed by atoms with Crippen LogP contribution in [0, 0.1) is 5.92 Å². The highest BCUT2D eigenvalue weighted by Gasteiger charge is 2.27. The van der Waals surface area contributed by atoms with Crippen molar-refractivity contribution in [3.63, 3.8) is 0 Å². The highest BCUT2D eigenvalue weighted by molar-refractivity contribution is 6.05. The van der Waals surface area contributed by atoms with E-state index < -0.39 is 0 Å². The van der Waals surface area contributed by atoms with E-state index in [1.807, 2.05) is 20.2 Å². The summed E-state index contributed by atoms with van der Waals surface area (Å²) in [5, 5.41) is 9.36. The molecule has 0 aromatic carbocycles. The van der Waals surface area contributed by atoms with Crippen LogP contribution in [0.4, 0.5) is 0 Å². The van der Waals surface area contributed by atoms with E-state index in [4.69, 9.17) is 4.74 Å². The van der Waals surface area contributed by atoms with Crippen molar-refractivity contribution in [3.8, 4) is 0 Å². The van der Waals surface area contributed by atoms with E-state index in [0.29, 0.717) is 19.7 Å². The van der Waals surface area contributed by atoms with Crippen LogP contribution in [0.15, 0.2) is 21.5 Å². The fraction of sp³-hybridized carbons (Fsp3) is 0.583. The number of hydrazone groups is 1. The fourth-order valence-corrected chi connectivity index (χ4v) is 2.02. The van der Waals surface area contributed by atoms with E-state index >= 15 is 0 Å². The number of ether oxygens (including phenoxy) is 1. The molecular formula is C12H18N4O2. The van der Waals surface area contributed by atoms with Crippen LogP contribution < -0.4 is 5.32 Å². The monoisotopic (exact) mass is 250 g/mol. The molecule has 0 aromatic heterocycles. The molecule has 0 spiro atoms. The molecule has 1 unspecified atom stereocenters. The molecule has 1 atom stereocenters. The molecule has 0 fully saturated rings. The first kappa shape index (κ1) is 12.6. The quantitative estimate of drug-likeness (QED) is 0.749. The van der Waals surface area contributed by atoms with Gasteiger partial charge in [0.2, 0.25) is 0 Å². The van der Waals surface area contributed by atoms with Crippen LogP contribution in [0.25, 0.3) is 0 Å². The minimum absolute atomic E-state index is 0.227. The maximum absolute atomic E-state index is 11.7. The lowest BCUT2D eigenvalue weighted by Crippen LogP contribution is -2.37. The normalized spacial score (nSPS) is 19.9. The fourth-order valence-electron chi connectivity index (χ4n) is 2.02. The molecule has 6 heteroatoms. The van der Waals surface area contributed by atoms with Gasteiger partial charge in [0.25, 0.3) is 0 Å². The predicted molar refractivity (Wildman–Crippen MR) is 69.1 cm³/mol. The lowest BCUT2D eigenvalue weighted by Gasteiger charge is -2.30. The van der Waals surface area contributed by atoms with E-state index in [-0.39, 0.29) is 11.9 Å². The lowest BCUT2D eigenvalue weighted by molar-refractivity contribution is -0.145. The topological polar surface area (TPSA) is 66.3 Å². The number of esters is 1. The van der Waals surface area contributed by atoms with Crippen LogP contribution in [0.2, 0.25) is 0 Å². The minimum atomic E-state index is -0.322. The average Bonchev–Trinajstić information content (AvgIpc) is 2.38. The Labute approximate surface area is 106 Å². The Morgan fingerprint density at radius 3 is 3.17 bits per heavy atom. The number of carbonyl (C=O) groups excluding carboxylic acids is 1. The van der Waals surface area contributed by atoms with Gasteiger partial charge < -0.3 is 10.1 Å². The van der Waals surface area contributed by atoms with Crippen molar-refractivity contribution < 1.29 is 9.53 Å². The number of hydrogen-bond donors (Lipinski definition) is 1. The molecule has 98 valence electrons. The SMILES string of the molecule is CCOC(=O)C(C)C1=NN(C)C2=C(C=NCN2)C1. The van der Waals surface area contributed by atoms with Gasteiger partial charge >= 0.3 is 5.97 Å².